The summed E-state index contributed by atoms with van der Waals surface area (Å²) >= 11 is 1.43. The van der Waals surface area contributed by atoms with E-state index >= 15 is 0 Å². The van der Waals surface area contributed by atoms with Crippen LogP contribution in [0, 0.1) is 39.0 Å². The van der Waals surface area contributed by atoms with Crippen molar-refractivity contribution in [2.24, 2.45) is 10.9 Å². The Morgan fingerprint density at radius 1 is 1.18 bits per heavy atom. The summed E-state index contributed by atoms with van der Waals surface area (Å²) < 4.78 is 30.5. The molecule has 2 heterocycles. The largest absolute Gasteiger partial charge is 0.305 e. The second kappa shape index (κ2) is 9.26. The first-order valence-corrected chi connectivity index (χ1v) is 13.2. The Bertz CT molecular complexity index is 1420. The number of nitrogens with zero attached hydrogens (tertiary/aromatic N) is 3. The standard InChI is InChI=1S/C25H27N3O3S2/c1-5-12-28-22-14-18(3)19(4)15-23(22)32-25(28)26-24(29)20-7-6-13-27(16-20)33(30,31)21-10-8-17(2)9-11-21/h1,8-11,14-15,20H,6-7,12-13,16H2,2-4H3. The summed E-state index contributed by atoms with van der Waals surface area (Å²) in [6, 6.07) is 10.9. The van der Waals surface area contributed by atoms with Crippen LogP contribution in [-0.4, -0.2) is 36.3 Å². The van der Waals surface area contributed by atoms with Crippen LogP contribution in [0.3, 0.4) is 0 Å². The fourth-order valence-corrected chi connectivity index (χ4v) is 6.70. The minimum Gasteiger partial charge on any atom is -0.305 e. The molecule has 172 valence electrons. The van der Waals surface area contributed by atoms with E-state index in [-0.39, 0.29) is 17.3 Å². The van der Waals surface area contributed by atoms with E-state index in [0.717, 1.165) is 21.3 Å². The number of thiazole rings is 1. The van der Waals surface area contributed by atoms with Gasteiger partial charge < -0.3 is 4.57 Å². The van der Waals surface area contributed by atoms with Crippen molar-refractivity contribution >= 4 is 37.5 Å². The Labute approximate surface area is 198 Å². The number of sulfonamides is 1. The quantitative estimate of drug-likeness (QED) is 0.533. The van der Waals surface area contributed by atoms with Crippen LogP contribution in [0.5, 0.6) is 0 Å². The second-order valence-corrected chi connectivity index (χ2v) is 11.5. The van der Waals surface area contributed by atoms with Gasteiger partial charge in [0.15, 0.2) is 4.80 Å². The number of benzene rings is 2. The average molecular weight is 482 g/mol. The third kappa shape index (κ3) is 4.67. The maximum absolute atomic E-state index is 13.1. The van der Waals surface area contributed by atoms with E-state index in [1.807, 2.05) is 25.3 Å². The zero-order valence-electron chi connectivity index (χ0n) is 19.0. The van der Waals surface area contributed by atoms with E-state index in [4.69, 9.17) is 6.42 Å². The summed E-state index contributed by atoms with van der Waals surface area (Å²) in [7, 11) is -3.65. The second-order valence-electron chi connectivity index (χ2n) is 8.54. The van der Waals surface area contributed by atoms with E-state index in [1.54, 1.807) is 24.3 Å². The molecule has 2 aromatic carbocycles. The molecular formula is C25H27N3O3S2. The maximum Gasteiger partial charge on any atom is 0.252 e. The van der Waals surface area contributed by atoms with Gasteiger partial charge in [-0.15, -0.1) is 6.42 Å². The van der Waals surface area contributed by atoms with Crippen LogP contribution in [0.25, 0.3) is 10.2 Å². The monoisotopic (exact) mass is 481 g/mol. The van der Waals surface area contributed by atoms with Crippen molar-refractivity contribution < 1.29 is 13.2 Å². The molecule has 33 heavy (non-hydrogen) atoms. The average Bonchev–Trinajstić information content (AvgIpc) is 3.10. The molecule has 4 rings (SSSR count). The van der Waals surface area contributed by atoms with Gasteiger partial charge in [0.1, 0.15) is 0 Å². The molecular weight excluding hydrogens is 454 g/mol. The van der Waals surface area contributed by atoms with E-state index < -0.39 is 15.9 Å². The van der Waals surface area contributed by atoms with Crippen molar-refractivity contribution in [3.05, 3.63) is 57.9 Å². The molecule has 0 aliphatic carbocycles. The van der Waals surface area contributed by atoms with Gasteiger partial charge in [0.05, 0.1) is 27.6 Å². The highest BCUT2D eigenvalue weighted by Crippen LogP contribution is 2.26. The molecule has 1 saturated heterocycles. The van der Waals surface area contributed by atoms with Gasteiger partial charge >= 0.3 is 0 Å². The summed E-state index contributed by atoms with van der Waals surface area (Å²) in [5.41, 5.74) is 4.26. The number of piperidine rings is 1. The number of fused-ring (bicyclic) bond motifs is 1. The lowest BCUT2D eigenvalue weighted by atomic mass is 9.99. The Kier molecular flexibility index (Phi) is 6.57. The first-order chi connectivity index (χ1) is 15.7. The molecule has 0 spiro atoms. The van der Waals surface area contributed by atoms with E-state index in [9.17, 15) is 13.2 Å². The van der Waals surface area contributed by atoms with Crippen molar-refractivity contribution in [2.75, 3.05) is 13.1 Å². The number of hydrogen-bond donors (Lipinski definition) is 0. The van der Waals surface area contributed by atoms with Crippen LogP contribution in [0.15, 0.2) is 46.3 Å². The van der Waals surface area contributed by atoms with Crippen LogP contribution in [0.2, 0.25) is 0 Å². The third-order valence-corrected chi connectivity index (χ3v) is 9.07. The number of aromatic nitrogens is 1. The highest BCUT2D eigenvalue weighted by molar-refractivity contribution is 7.89. The smallest absolute Gasteiger partial charge is 0.252 e. The predicted octanol–water partition coefficient (Wildman–Crippen LogP) is 3.79. The number of rotatable bonds is 4. The lowest BCUT2D eigenvalue weighted by Gasteiger charge is -2.30. The Balaban J connectivity index is 1.64. The molecule has 0 saturated carbocycles. The number of amides is 1. The first-order valence-electron chi connectivity index (χ1n) is 10.9. The first kappa shape index (κ1) is 23.4. The van der Waals surface area contributed by atoms with E-state index in [0.29, 0.717) is 30.7 Å². The van der Waals surface area contributed by atoms with Crippen LogP contribution < -0.4 is 4.80 Å². The van der Waals surface area contributed by atoms with Crippen LogP contribution in [0.4, 0.5) is 0 Å². The number of aryl methyl sites for hydroxylation is 3. The van der Waals surface area contributed by atoms with E-state index in [1.165, 1.54) is 21.2 Å². The Hall–Kier alpha value is -2.73. The molecule has 6 nitrogen and oxygen atoms in total. The molecule has 0 N–H and O–H groups in total. The molecule has 1 aromatic heterocycles. The van der Waals surface area contributed by atoms with Crippen LogP contribution in [-0.2, 0) is 21.4 Å². The van der Waals surface area contributed by atoms with Gasteiger partial charge in [0.25, 0.3) is 5.91 Å². The van der Waals surface area contributed by atoms with Gasteiger partial charge in [-0.25, -0.2) is 8.42 Å². The molecule has 3 aromatic rings. The fourth-order valence-electron chi connectivity index (χ4n) is 4.06. The van der Waals surface area contributed by atoms with E-state index in [2.05, 4.69) is 23.0 Å². The predicted molar refractivity (Wildman–Crippen MR) is 131 cm³/mol. The van der Waals surface area contributed by atoms with Gasteiger partial charge in [0.2, 0.25) is 10.0 Å². The number of carbonyl (C=O) groups excluding carboxylic acids is 1. The van der Waals surface area contributed by atoms with Gasteiger partial charge in [-0.1, -0.05) is 35.0 Å². The maximum atomic E-state index is 13.1. The number of carbonyl (C=O) groups is 1. The number of terminal acetylenes is 1. The molecule has 0 bridgehead atoms. The zero-order valence-corrected chi connectivity index (χ0v) is 20.7. The van der Waals surface area contributed by atoms with Crippen molar-refractivity contribution in [1.29, 1.82) is 0 Å². The van der Waals surface area contributed by atoms with Gasteiger partial charge in [-0.05, 0) is 69.0 Å². The topological polar surface area (TPSA) is 71.7 Å². The normalized spacial score (nSPS) is 17.9. The summed E-state index contributed by atoms with van der Waals surface area (Å²) in [5, 5.41) is 0. The minimum atomic E-state index is -3.65. The molecule has 1 fully saturated rings. The van der Waals surface area contributed by atoms with Crippen molar-refractivity contribution in [3.63, 3.8) is 0 Å². The van der Waals surface area contributed by atoms with Crippen molar-refractivity contribution in [1.82, 2.24) is 8.87 Å². The SMILES string of the molecule is C#CCn1c(=NC(=O)C2CCCN(S(=O)(=O)c3ccc(C)cc3)C2)sc2cc(C)c(C)cc21. The number of hydrogen-bond acceptors (Lipinski definition) is 4. The lowest BCUT2D eigenvalue weighted by Crippen LogP contribution is -2.42. The zero-order chi connectivity index (χ0) is 23.8. The van der Waals surface area contributed by atoms with Crippen LogP contribution >= 0.6 is 11.3 Å². The van der Waals surface area contributed by atoms with Gasteiger partial charge in [-0.3, -0.25) is 4.79 Å². The highest BCUT2D eigenvalue weighted by atomic mass is 32.2. The summed E-state index contributed by atoms with van der Waals surface area (Å²) in [6.07, 6.45) is 6.81. The molecule has 8 heteroatoms. The van der Waals surface area contributed by atoms with Crippen LogP contribution in [0.1, 0.15) is 29.5 Å². The molecule has 0 radical (unpaired) electrons. The molecule has 1 atom stereocenters. The summed E-state index contributed by atoms with van der Waals surface area (Å²) in [6.45, 7) is 6.85. The van der Waals surface area contributed by atoms with Gasteiger partial charge in [0, 0.05) is 13.1 Å². The Morgan fingerprint density at radius 2 is 1.88 bits per heavy atom. The summed E-state index contributed by atoms with van der Waals surface area (Å²) in [5.74, 6) is 1.87. The van der Waals surface area contributed by atoms with Crippen molar-refractivity contribution in [2.45, 2.75) is 45.1 Å². The Morgan fingerprint density at radius 3 is 2.58 bits per heavy atom. The lowest BCUT2D eigenvalue weighted by molar-refractivity contribution is -0.122. The van der Waals surface area contributed by atoms with Crippen molar-refractivity contribution in [3.8, 4) is 12.3 Å². The fraction of sp³-hybridized carbons (Fsp3) is 0.360. The van der Waals surface area contributed by atoms with Gasteiger partial charge in [-0.2, -0.15) is 9.30 Å². The molecule has 1 aliphatic heterocycles. The molecule has 1 aliphatic rings. The highest BCUT2D eigenvalue weighted by Gasteiger charge is 2.33. The molecule has 1 unspecified atom stereocenters. The minimum absolute atomic E-state index is 0.136. The third-order valence-electron chi connectivity index (χ3n) is 6.15. The molecule has 1 amide bonds. The summed E-state index contributed by atoms with van der Waals surface area (Å²) in [4.78, 5) is 18.4.